The number of carbonyl (C=O) groups excluding carboxylic acids is 1. The molecule has 9 nitrogen and oxygen atoms in total. The van der Waals surface area contributed by atoms with E-state index in [9.17, 15) is 4.79 Å². The van der Waals surface area contributed by atoms with Crippen molar-refractivity contribution in [3.05, 3.63) is 47.0 Å². The SMILES string of the molecule is COc1cc(OC)c(C(C)C)cc1-c1onc(N=CN)c1-c1ccc2c(c1)CCN(C(=O)OC(C)(C)C)C2. The van der Waals surface area contributed by atoms with Crippen molar-refractivity contribution in [1.29, 1.82) is 0 Å². The molecule has 1 aliphatic heterocycles. The number of methoxy groups -OCH3 is 2. The average molecular weight is 521 g/mol. The lowest BCUT2D eigenvalue weighted by Crippen LogP contribution is -2.39. The van der Waals surface area contributed by atoms with Crippen molar-refractivity contribution in [2.45, 2.75) is 59.1 Å². The summed E-state index contributed by atoms with van der Waals surface area (Å²) in [6, 6.07) is 9.99. The highest BCUT2D eigenvalue weighted by Crippen LogP contribution is 2.46. The molecule has 0 fully saturated rings. The Hall–Kier alpha value is -4.01. The molecule has 1 amide bonds. The van der Waals surface area contributed by atoms with Gasteiger partial charge in [-0.2, -0.15) is 0 Å². The van der Waals surface area contributed by atoms with Crippen LogP contribution in [0.25, 0.3) is 22.5 Å². The quantitative estimate of drug-likeness (QED) is 0.310. The van der Waals surface area contributed by atoms with Gasteiger partial charge in [0.25, 0.3) is 0 Å². The van der Waals surface area contributed by atoms with Gasteiger partial charge in [-0.05, 0) is 61.4 Å². The zero-order valence-electron chi connectivity index (χ0n) is 23.1. The Morgan fingerprint density at radius 1 is 1.13 bits per heavy atom. The third-order valence-corrected chi connectivity index (χ3v) is 6.45. The summed E-state index contributed by atoms with van der Waals surface area (Å²) in [5.41, 5.74) is 10.7. The van der Waals surface area contributed by atoms with E-state index >= 15 is 0 Å². The maximum absolute atomic E-state index is 12.6. The summed E-state index contributed by atoms with van der Waals surface area (Å²) in [6.07, 6.45) is 1.59. The molecule has 2 N–H and O–H groups in total. The van der Waals surface area contributed by atoms with Crippen molar-refractivity contribution in [1.82, 2.24) is 10.1 Å². The monoisotopic (exact) mass is 520 g/mol. The van der Waals surface area contributed by atoms with Crippen LogP contribution < -0.4 is 15.2 Å². The van der Waals surface area contributed by atoms with Crippen molar-refractivity contribution in [2.24, 2.45) is 10.7 Å². The Balaban J connectivity index is 1.78. The van der Waals surface area contributed by atoms with Crippen LogP contribution in [0.5, 0.6) is 11.5 Å². The van der Waals surface area contributed by atoms with E-state index in [1.807, 2.05) is 45.0 Å². The number of hydrogen-bond acceptors (Lipinski definition) is 7. The number of carbonyl (C=O) groups is 1. The zero-order valence-corrected chi connectivity index (χ0v) is 23.1. The molecule has 0 saturated carbocycles. The van der Waals surface area contributed by atoms with Crippen LogP contribution in [0.4, 0.5) is 10.6 Å². The smallest absolute Gasteiger partial charge is 0.410 e. The second kappa shape index (κ2) is 10.8. The fourth-order valence-electron chi connectivity index (χ4n) is 4.63. The zero-order chi connectivity index (χ0) is 27.6. The number of fused-ring (bicyclic) bond motifs is 1. The number of amides is 1. The molecule has 0 bridgehead atoms. The molecule has 0 radical (unpaired) electrons. The van der Waals surface area contributed by atoms with Crippen LogP contribution in [-0.2, 0) is 17.7 Å². The number of nitrogens with two attached hydrogens (primary N) is 1. The number of ether oxygens (including phenoxy) is 3. The molecular weight excluding hydrogens is 484 g/mol. The van der Waals surface area contributed by atoms with E-state index in [1.165, 1.54) is 6.34 Å². The first-order valence-electron chi connectivity index (χ1n) is 12.7. The van der Waals surface area contributed by atoms with Crippen LogP contribution in [0.1, 0.15) is 57.2 Å². The van der Waals surface area contributed by atoms with Gasteiger partial charge in [-0.15, -0.1) is 0 Å². The van der Waals surface area contributed by atoms with Gasteiger partial charge in [-0.25, -0.2) is 9.79 Å². The largest absolute Gasteiger partial charge is 0.496 e. The molecule has 2 heterocycles. The van der Waals surface area contributed by atoms with E-state index in [1.54, 1.807) is 19.1 Å². The van der Waals surface area contributed by atoms with Crippen LogP contribution in [0.15, 0.2) is 39.8 Å². The van der Waals surface area contributed by atoms with Crippen molar-refractivity contribution in [3.63, 3.8) is 0 Å². The number of nitrogens with zero attached hydrogens (tertiary/aromatic N) is 3. The van der Waals surface area contributed by atoms with Crippen LogP contribution in [-0.4, -0.2) is 48.9 Å². The lowest BCUT2D eigenvalue weighted by molar-refractivity contribution is 0.0224. The Labute approximate surface area is 223 Å². The summed E-state index contributed by atoms with van der Waals surface area (Å²) >= 11 is 0. The Bertz CT molecular complexity index is 1350. The molecule has 2 aromatic carbocycles. The maximum atomic E-state index is 12.6. The van der Waals surface area contributed by atoms with Gasteiger partial charge in [0.15, 0.2) is 5.76 Å². The topological polar surface area (TPSA) is 112 Å². The Kier molecular flexibility index (Phi) is 7.66. The van der Waals surface area contributed by atoms with Gasteiger partial charge in [-0.1, -0.05) is 37.2 Å². The van der Waals surface area contributed by atoms with Gasteiger partial charge in [0.05, 0.1) is 31.7 Å². The molecule has 0 spiro atoms. The molecule has 0 aliphatic carbocycles. The second-order valence-corrected chi connectivity index (χ2v) is 10.6. The summed E-state index contributed by atoms with van der Waals surface area (Å²) < 4.78 is 22.8. The molecule has 9 heteroatoms. The van der Waals surface area contributed by atoms with E-state index in [0.29, 0.717) is 42.4 Å². The Morgan fingerprint density at radius 2 is 1.87 bits per heavy atom. The maximum Gasteiger partial charge on any atom is 0.410 e. The lowest BCUT2D eigenvalue weighted by Gasteiger charge is -2.31. The standard InChI is InChI=1S/C29H36N4O5/c1-17(2)21-13-22(24(36-7)14-23(21)35-6)26-25(27(31-16-30)32-38-26)19-8-9-20-15-33(11-10-18(20)12-19)28(34)37-29(3,4)5/h8-9,12-14,16-17H,10-11,15H2,1-7H3,(H2,30,31,32). The highest BCUT2D eigenvalue weighted by molar-refractivity contribution is 5.90. The van der Waals surface area contributed by atoms with Crippen molar-refractivity contribution in [2.75, 3.05) is 20.8 Å². The van der Waals surface area contributed by atoms with Gasteiger partial charge in [0.2, 0.25) is 5.82 Å². The fourth-order valence-corrected chi connectivity index (χ4v) is 4.63. The summed E-state index contributed by atoms with van der Waals surface area (Å²) in [4.78, 5) is 18.6. The van der Waals surface area contributed by atoms with Gasteiger partial charge < -0.3 is 29.4 Å². The van der Waals surface area contributed by atoms with Crippen LogP contribution >= 0.6 is 0 Å². The van der Waals surface area contributed by atoms with E-state index in [-0.39, 0.29) is 12.0 Å². The molecule has 202 valence electrons. The minimum Gasteiger partial charge on any atom is -0.496 e. The second-order valence-electron chi connectivity index (χ2n) is 10.6. The normalized spacial score (nSPS) is 13.6. The summed E-state index contributed by atoms with van der Waals surface area (Å²) in [7, 11) is 3.25. The summed E-state index contributed by atoms with van der Waals surface area (Å²) in [6.45, 7) is 10.9. The van der Waals surface area contributed by atoms with E-state index in [0.717, 1.165) is 33.6 Å². The van der Waals surface area contributed by atoms with Gasteiger partial charge in [-0.3, -0.25) is 0 Å². The first kappa shape index (κ1) is 27.0. The first-order chi connectivity index (χ1) is 18.1. The molecule has 0 unspecified atom stereocenters. The first-order valence-corrected chi connectivity index (χ1v) is 12.7. The lowest BCUT2D eigenvalue weighted by atomic mass is 9.92. The van der Waals surface area contributed by atoms with Gasteiger partial charge in [0, 0.05) is 19.2 Å². The van der Waals surface area contributed by atoms with Crippen LogP contribution in [0, 0.1) is 0 Å². The highest BCUT2D eigenvalue weighted by atomic mass is 16.6. The molecule has 0 atom stereocenters. The number of rotatable bonds is 6. The molecule has 3 aromatic rings. The predicted octanol–water partition coefficient (Wildman–Crippen LogP) is 6.06. The molecule has 1 aliphatic rings. The molecule has 0 saturated heterocycles. The molecule has 4 rings (SSSR count). The van der Waals surface area contributed by atoms with Crippen molar-refractivity contribution >= 4 is 18.2 Å². The summed E-state index contributed by atoms with van der Waals surface area (Å²) in [5.74, 6) is 2.44. The average Bonchev–Trinajstić information content (AvgIpc) is 3.29. The third kappa shape index (κ3) is 5.46. The van der Waals surface area contributed by atoms with Crippen LogP contribution in [0.2, 0.25) is 0 Å². The van der Waals surface area contributed by atoms with Gasteiger partial charge >= 0.3 is 6.09 Å². The van der Waals surface area contributed by atoms with E-state index < -0.39 is 5.60 Å². The molecular formula is C29H36N4O5. The van der Waals surface area contributed by atoms with Crippen LogP contribution in [0.3, 0.4) is 0 Å². The Morgan fingerprint density at radius 3 is 2.50 bits per heavy atom. The highest BCUT2D eigenvalue weighted by Gasteiger charge is 2.28. The minimum atomic E-state index is -0.538. The third-order valence-electron chi connectivity index (χ3n) is 6.45. The minimum absolute atomic E-state index is 0.208. The number of hydrogen-bond donors (Lipinski definition) is 1. The predicted molar refractivity (Wildman–Crippen MR) is 147 cm³/mol. The fraction of sp³-hybridized carbons (Fsp3) is 0.414. The van der Waals surface area contributed by atoms with E-state index in [4.69, 9.17) is 24.5 Å². The molecule has 1 aromatic heterocycles. The molecule has 38 heavy (non-hydrogen) atoms. The van der Waals surface area contributed by atoms with Crippen molar-refractivity contribution < 1.29 is 23.5 Å². The number of aromatic nitrogens is 1. The van der Waals surface area contributed by atoms with Crippen molar-refractivity contribution in [3.8, 4) is 33.9 Å². The summed E-state index contributed by atoms with van der Waals surface area (Å²) in [5, 5.41) is 4.22. The van der Waals surface area contributed by atoms with Gasteiger partial charge in [0.1, 0.15) is 17.1 Å². The number of benzene rings is 2. The number of aliphatic imine (C=N–C) groups is 1. The van der Waals surface area contributed by atoms with E-state index in [2.05, 4.69) is 30.1 Å².